The Balaban J connectivity index is 2.12. The molecule has 2 aromatic rings. The zero-order valence-corrected chi connectivity index (χ0v) is 9.49. The Bertz CT molecular complexity index is 573. The highest BCUT2D eigenvalue weighted by atomic mass is 16.1. The van der Waals surface area contributed by atoms with Crippen molar-refractivity contribution in [1.82, 2.24) is 4.98 Å². The fourth-order valence-electron chi connectivity index (χ4n) is 2.62. The highest BCUT2D eigenvalue weighted by Crippen LogP contribution is 2.30. The molecular formula is C13H15N3O. The predicted octanol–water partition coefficient (Wildman–Crippen LogP) is 1.55. The summed E-state index contributed by atoms with van der Waals surface area (Å²) in [6, 6.07) is 6.20. The average molecular weight is 229 g/mol. The number of carbonyl (C=O) groups is 1. The molecule has 4 heteroatoms. The summed E-state index contributed by atoms with van der Waals surface area (Å²) in [5, 5.41) is 3.89. The molecule has 4 nitrogen and oxygen atoms in total. The quantitative estimate of drug-likeness (QED) is 0.684. The number of rotatable bonds is 2. The number of carbonyl (C=O) groups excluding carboxylic acids is 1. The van der Waals surface area contributed by atoms with Crippen LogP contribution in [0.2, 0.25) is 0 Å². The molecule has 1 aliphatic carbocycles. The van der Waals surface area contributed by atoms with Gasteiger partial charge in [-0.15, -0.1) is 0 Å². The minimum absolute atomic E-state index is 0.267. The summed E-state index contributed by atoms with van der Waals surface area (Å²) in [5.74, 6) is 0. The summed E-state index contributed by atoms with van der Waals surface area (Å²) in [6.45, 7) is 0. The lowest BCUT2D eigenvalue weighted by Crippen LogP contribution is -2.27. The number of aromatic amines is 1. The summed E-state index contributed by atoms with van der Waals surface area (Å²) in [5.41, 5.74) is 10.5. The molecule has 1 atom stereocenters. The van der Waals surface area contributed by atoms with Gasteiger partial charge >= 0.3 is 0 Å². The van der Waals surface area contributed by atoms with Gasteiger partial charge in [0, 0.05) is 34.7 Å². The van der Waals surface area contributed by atoms with E-state index in [1.54, 1.807) is 0 Å². The van der Waals surface area contributed by atoms with Gasteiger partial charge in [-0.3, -0.25) is 4.79 Å². The number of fused-ring (bicyclic) bond motifs is 3. The molecule has 0 radical (unpaired) electrons. The Labute approximate surface area is 99.2 Å². The van der Waals surface area contributed by atoms with E-state index >= 15 is 0 Å². The van der Waals surface area contributed by atoms with Crippen molar-refractivity contribution >= 4 is 23.0 Å². The second kappa shape index (κ2) is 3.89. The lowest BCUT2D eigenvalue weighted by molar-refractivity contribution is -0.105. The molecule has 1 aromatic carbocycles. The van der Waals surface area contributed by atoms with E-state index in [1.165, 1.54) is 16.6 Å². The van der Waals surface area contributed by atoms with Gasteiger partial charge in [0.15, 0.2) is 0 Å². The summed E-state index contributed by atoms with van der Waals surface area (Å²) in [6.07, 6.45) is 3.67. The van der Waals surface area contributed by atoms with Gasteiger partial charge in [-0.25, -0.2) is 0 Å². The highest BCUT2D eigenvalue weighted by Gasteiger charge is 2.19. The molecule has 0 bridgehead atoms. The van der Waals surface area contributed by atoms with Crippen molar-refractivity contribution in [2.75, 3.05) is 5.32 Å². The summed E-state index contributed by atoms with van der Waals surface area (Å²) in [4.78, 5) is 13.9. The van der Waals surface area contributed by atoms with Crippen LogP contribution in [0.15, 0.2) is 18.2 Å². The van der Waals surface area contributed by atoms with E-state index in [0.29, 0.717) is 6.41 Å². The van der Waals surface area contributed by atoms with Crippen molar-refractivity contribution in [2.45, 2.75) is 25.3 Å². The molecule has 0 spiro atoms. The Hall–Kier alpha value is -1.81. The molecule has 1 aliphatic rings. The van der Waals surface area contributed by atoms with Gasteiger partial charge in [0.25, 0.3) is 0 Å². The SMILES string of the molecule is NC1CCc2c([nH]c3ccc(NC=O)cc23)C1. The Kier molecular flexibility index (Phi) is 2.37. The number of hydrogen-bond donors (Lipinski definition) is 3. The van der Waals surface area contributed by atoms with Crippen LogP contribution in [0.5, 0.6) is 0 Å². The number of benzene rings is 1. The normalized spacial score (nSPS) is 19.0. The first kappa shape index (κ1) is 10.4. The number of aromatic nitrogens is 1. The fraction of sp³-hybridized carbons (Fsp3) is 0.308. The molecule has 1 aromatic heterocycles. The van der Waals surface area contributed by atoms with Crippen molar-refractivity contribution in [3.63, 3.8) is 0 Å². The molecule has 1 unspecified atom stereocenters. The van der Waals surface area contributed by atoms with E-state index in [4.69, 9.17) is 5.73 Å². The van der Waals surface area contributed by atoms with Gasteiger partial charge in [0.05, 0.1) is 0 Å². The Morgan fingerprint density at radius 1 is 1.47 bits per heavy atom. The van der Waals surface area contributed by atoms with Gasteiger partial charge in [-0.05, 0) is 36.6 Å². The first-order chi connectivity index (χ1) is 8.28. The minimum Gasteiger partial charge on any atom is -0.358 e. The van der Waals surface area contributed by atoms with Gasteiger partial charge in [0.2, 0.25) is 6.41 Å². The minimum atomic E-state index is 0.267. The van der Waals surface area contributed by atoms with Crippen molar-refractivity contribution in [1.29, 1.82) is 0 Å². The smallest absolute Gasteiger partial charge is 0.211 e. The molecule has 0 aliphatic heterocycles. The molecule has 1 heterocycles. The first-order valence-corrected chi connectivity index (χ1v) is 5.87. The fourth-order valence-corrected chi connectivity index (χ4v) is 2.62. The Morgan fingerprint density at radius 2 is 2.35 bits per heavy atom. The standard InChI is InChI=1S/C13H15N3O/c14-8-1-3-10-11-6-9(15-7-17)2-4-12(11)16-13(10)5-8/h2,4,6-8,16H,1,3,5,14H2,(H,15,17). The van der Waals surface area contributed by atoms with E-state index in [2.05, 4.69) is 10.3 Å². The third-order valence-corrected chi connectivity index (χ3v) is 3.45. The molecule has 1 amide bonds. The number of amides is 1. The third-order valence-electron chi connectivity index (χ3n) is 3.45. The molecule has 0 fully saturated rings. The number of H-pyrrole nitrogens is 1. The predicted molar refractivity (Wildman–Crippen MR) is 68.0 cm³/mol. The molecule has 4 N–H and O–H groups in total. The van der Waals surface area contributed by atoms with E-state index in [-0.39, 0.29) is 6.04 Å². The zero-order chi connectivity index (χ0) is 11.8. The molecule has 3 rings (SSSR count). The maximum absolute atomic E-state index is 10.4. The van der Waals surface area contributed by atoms with Gasteiger partial charge in [0.1, 0.15) is 0 Å². The van der Waals surface area contributed by atoms with Crippen LogP contribution in [0.25, 0.3) is 10.9 Å². The molecule has 88 valence electrons. The van der Waals surface area contributed by atoms with Crippen LogP contribution in [0, 0.1) is 0 Å². The van der Waals surface area contributed by atoms with E-state index in [0.717, 1.165) is 30.5 Å². The van der Waals surface area contributed by atoms with Crippen LogP contribution in [0.1, 0.15) is 17.7 Å². The molecular weight excluding hydrogens is 214 g/mol. The van der Waals surface area contributed by atoms with Crippen LogP contribution in [0.3, 0.4) is 0 Å². The number of nitrogens with one attached hydrogen (secondary N) is 2. The summed E-state index contributed by atoms with van der Waals surface area (Å²) < 4.78 is 0. The van der Waals surface area contributed by atoms with E-state index < -0.39 is 0 Å². The maximum atomic E-state index is 10.4. The topological polar surface area (TPSA) is 70.9 Å². The van der Waals surface area contributed by atoms with Crippen molar-refractivity contribution in [3.05, 3.63) is 29.5 Å². The van der Waals surface area contributed by atoms with Crippen molar-refractivity contribution in [2.24, 2.45) is 5.73 Å². The van der Waals surface area contributed by atoms with Crippen molar-refractivity contribution < 1.29 is 4.79 Å². The average Bonchev–Trinajstić information content (AvgIpc) is 2.66. The monoisotopic (exact) mass is 229 g/mol. The third kappa shape index (κ3) is 1.70. The van der Waals surface area contributed by atoms with Crippen LogP contribution in [0.4, 0.5) is 5.69 Å². The molecule has 0 saturated heterocycles. The van der Waals surface area contributed by atoms with Gasteiger partial charge in [-0.2, -0.15) is 0 Å². The van der Waals surface area contributed by atoms with E-state index in [9.17, 15) is 4.79 Å². The zero-order valence-electron chi connectivity index (χ0n) is 9.49. The van der Waals surface area contributed by atoms with Crippen LogP contribution in [-0.4, -0.2) is 17.4 Å². The number of nitrogens with two attached hydrogens (primary N) is 1. The lowest BCUT2D eigenvalue weighted by Gasteiger charge is -2.17. The largest absolute Gasteiger partial charge is 0.358 e. The lowest BCUT2D eigenvalue weighted by atomic mass is 9.92. The van der Waals surface area contributed by atoms with Crippen LogP contribution >= 0.6 is 0 Å². The second-order valence-corrected chi connectivity index (χ2v) is 4.61. The first-order valence-electron chi connectivity index (χ1n) is 5.87. The molecule has 17 heavy (non-hydrogen) atoms. The second-order valence-electron chi connectivity index (χ2n) is 4.61. The number of aryl methyl sites for hydroxylation is 1. The Morgan fingerprint density at radius 3 is 3.18 bits per heavy atom. The highest BCUT2D eigenvalue weighted by molar-refractivity contribution is 5.89. The molecule has 0 saturated carbocycles. The van der Waals surface area contributed by atoms with E-state index in [1.807, 2.05) is 18.2 Å². The summed E-state index contributed by atoms with van der Waals surface area (Å²) in [7, 11) is 0. The van der Waals surface area contributed by atoms with Crippen LogP contribution in [-0.2, 0) is 17.6 Å². The van der Waals surface area contributed by atoms with Gasteiger partial charge < -0.3 is 16.0 Å². The number of anilines is 1. The maximum Gasteiger partial charge on any atom is 0.211 e. The summed E-state index contributed by atoms with van der Waals surface area (Å²) >= 11 is 0. The van der Waals surface area contributed by atoms with Crippen LogP contribution < -0.4 is 11.1 Å². The van der Waals surface area contributed by atoms with Gasteiger partial charge in [-0.1, -0.05) is 0 Å². The number of hydrogen-bond acceptors (Lipinski definition) is 2. The van der Waals surface area contributed by atoms with Crippen molar-refractivity contribution in [3.8, 4) is 0 Å².